The maximum absolute atomic E-state index is 5.50. The first-order chi connectivity index (χ1) is 13.3. The Kier molecular flexibility index (Phi) is 3.72. The van der Waals surface area contributed by atoms with E-state index in [1.807, 2.05) is 6.07 Å². The van der Waals surface area contributed by atoms with Crippen LogP contribution in [0.5, 0.6) is 5.75 Å². The molecule has 0 saturated carbocycles. The third-order valence-corrected chi connectivity index (χ3v) is 5.29. The molecular formula is C24H20N2O. The van der Waals surface area contributed by atoms with Crippen LogP contribution in [0, 0.1) is 0 Å². The molecule has 0 bridgehead atoms. The predicted molar refractivity (Wildman–Crippen MR) is 111 cm³/mol. The summed E-state index contributed by atoms with van der Waals surface area (Å²) in [6, 6.07) is 25.3. The van der Waals surface area contributed by atoms with Gasteiger partial charge in [-0.3, -0.25) is 0 Å². The molecule has 0 fully saturated rings. The lowest BCUT2D eigenvalue weighted by Crippen LogP contribution is -2.02. The van der Waals surface area contributed by atoms with Crippen LogP contribution in [-0.2, 0) is 0 Å². The topological polar surface area (TPSA) is 40.8 Å². The number of nitrogens with one attached hydrogen (secondary N) is 2. The number of methoxy groups -OCH3 is 1. The molecule has 0 amide bonds. The molecule has 27 heavy (non-hydrogen) atoms. The maximum atomic E-state index is 5.50. The number of fused-ring (bicyclic) bond motifs is 2. The number of aromatic nitrogens is 2. The second kappa shape index (κ2) is 6.36. The van der Waals surface area contributed by atoms with E-state index in [1.54, 1.807) is 7.11 Å². The lowest BCUT2D eigenvalue weighted by molar-refractivity contribution is 0.414. The molecule has 0 aliphatic heterocycles. The number of hydrogen-bond acceptors (Lipinski definition) is 1. The Labute approximate surface area is 157 Å². The molecule has 3 heteroatoms. The fourth-order valence-corrected chi connectivity index (χ4v) is 4.01. The zero-order valence-corrected chi connectivity index (χ0v) is 15.1. The number of ether oxygens (including phenoxy) is 1. The molecule has 3 aromatic carbocycles. The summed E-state index contributed by atoms with van der Waals surface area (Å²) in [6.07, 6.45) is 4.27. The van der Waals surface area contributed by atoms with E-state index in [9.17, 15) is 0 Å². The maximum Gasteiger partial charge on any atom is 0.119 e. The van der Waals surface area contributed by atoms with Crippen molar-refractivity contribution in [3.8, 4) is 5.75 Å². The summed E-state index contributed by atoms with van der Waals surface area (Å²) in [5.74, 6) is 0.976. The largest absolute Gasteiger partial charge is 0.497 e. The standard InChI is InChI=1S/C24H20N2O/c1-27-17-8-6-7-16(13-17)24(20-14-25-22-11-4-2-9-18(20)22)21-15-26-23-12-5-3-10-19(21)23/h2-15,24-26H,1H3. The summed E-state index contributed by atoms with van der Waals surface area (Å²) >= 11 is 0. The number of para-hydroxylation sites is 2. The van der Waals surface area contributed by atoms with E-state index < -0.39 is 0 Å². The third-order valence-electron chi connectivity index (χ3n) is 5.29. The normalized spacial score (nSPS) is 11.5. The minimum Gasteiger partial charge on any atom is -0.497 e. The SMILES string of the molecule is COc1cccc(C(c2c[nH]c3ccccc23)c2c[nH]c3ccccc23)c1. The van der Waals surface area contributed by atoms with Crippen LogP contribution in [0.1, 0.15) is 22.6 Å². The molecule has 0 spiro atoms. The van der Waals surface area contributed by atoms with Gasteiger partial charge in [-0.1, -0.05) is 48.5 Å². The van der Waals surface area contributed by atoms with Crippen LogP contribution in [-0.4, -0.2) is 17.1 Å². The van der Waals surface area contributed by atoms with Crippen LogP contribution < -0.4 is 4.74 Å². The summed E-state index contributed by atoms with van der Waals surface area (Å²) in [6.45, 7) is 0. The van der Waals surface area contributed by atoms with Crippen molar-refractivity contribution in [2.45, 2.75) is 5.92 Å². The van der Waals surface area contributed by atoms with E-state index in [-0.39, 0.29) is 5.92 Å². The van der Waals surface area contributed by atoms with Crippen molar-refractivity contribution in [2.24, 2.45) is 0 Å². The van der Waals surface area contributed by atoms with Crippen molar-refractivity contribution < 1.29 is 4.74 Å². The molecule has 0 aliphatic rings. The monoisotopic (exact) mass is 352 g/mol. The van der Waals surface area contributed by atoms with Gasteiger partial charge < -0.3 is 14.7 Å². The highest BCUT2D eigenvalue weighted by Crippen LogP contribution is 2.40. The summed E-state index contributed by atoms with van der Waals surface area (Å²) < 4.78 is 5.50. The fourth-order valence-electron chi connectivity index (χ4n) is 4.01. The van der Waals surface area contributed by atoms with Gasteiger partial charge >= 0.3 is 0 Å². The van der Waals surface area contributed by atoms with Gasteiger partial charge in [0.25, 0.3) is 0 Å². The highest BCUT2D eigenvalue weighted by atomic mass is 16.5. The third kappa shape index (κ3) is 2.59. The van der Waals surface area contributed by atoms with E-state index in [0.29, 0.717) is 0 Å². The smallest absolute Gasteiger partial charge is 0.119 e. The Morgan fingerprint density at radius 2 is 1.30 bits per heavy atom. The molecule has 132 valence electrons. The van der Waals surface area contributed by atoms with Crippen LogP contribution in [0.4, 0.5) is 0 Å². The minimum absolute atomic E-state index is 0.104. The Morgan fingerprint density at radius 1 is 0.704 bits per heavy atom. The zero-order valence-electron chi connectivity index (χ0n) is 15.1. The molecule has 0 atom stereocenters. The van der Waals surface area contributed by atoms with Crippen LogP contribution in [0.3, 0.4) is 0 Å². The van der Waals surface area contributed by atoms with Crippen molar-refractivity contribution in [1.82, 2.24) is 9.97 Å². The second-order valence-electron chi connectivity index (χ2n) is 6.79. The number of hydrogen-bond donors (Lipinski definition) is 2. The van der Waals surface area contributed by atoms with Crippen LogP contribution >= 0.6 is 0 Å². The Hall–Kier alpha value is -3.46. The van der Waals surface area contributed by atoms with Gasteiger partial charge in [0.05, 0.1) is 7.11 Å². The van der Waals surface area contributed by atoms with Crippen LogP contribution in [0.2, 0.25) is 0 Å². The predicted octanol–water partition coefficient (Wildman–Crippen LogP) is 5.84. The first-order valence-corrected chi connectivity index (χ1v) is 9.11. The molecule has 5 rings (SSSR count). The summed E-state index contributed by atoms with van der Waals surface area (Å²) in [5, 5.41) is 2.49. The summed E-state index contributed by atoms with van der Waals surface area (Å²) in [4.78, 5) is 6.87. The Bertz CT molecular complexity index is 1160. The average molecular weight is 352 g/mol. The van der Waals surface area contributed by atoms with Crippen molar-refractivity contribution in [2.75, 3.05) is 7.11 Å². The van der Waals surface area contributed by atoms with E-state index in [2.05, 4.69) is 89.1 Å². The fraction of sp³-hybridized carbons (Fsp3) is 0.0833. The lowest BCUT2D eigenvalue weighted by Gasteiger charge is -2.18. The van der Waals surface area contributed by atoms with E-state index in [0.717, 1.165) is 16.8 Å². The van der Waals surface area contributed by atoms with Crippen molar-refractivity contribution in [3.63, 3.8) is 0 Å². The molecule has 0 saturated heterocycles. The van der Waals surface area contributed by atoms with Gasteiger partial charge in [0.1, 0.15) is 5.75 Å². The molecule has 2 heterocycles. The van der Waals surface area contributed by atoms with Gasteiger partial charge in [-0.2, -0.15) is 0 Å². The molecule has 3 nitrogen and oxygen atoms in total. The molecule has 5 aromatic rings. The minimum atomic E-state index is 0.104. The zero-order chi connectivity index (χ0) is 18.2. The number of benzene rings is 3. The lowest BCUT2D eigenvalue weighted by atomic mass is 9.84. The summed E-state index contributed by atoms with van der Waals surface area (Å²) in [5.41, 5.74) is 6.05. The molecule has 0 unspecified atom stereocenters. The molecular weight excluding hydrogens is 332 g/mol. The van der Waals surface area contributed by atoms with Gasteiger partial charge in [-0.05, 0) is 41.0 Å². The van der Waals surface area contributed by atoms with Gasteiger partial charge in [0.2, 0.25) is 0 Å². The highest BCUT2D eigenvalue weighted by molar-refractivity contribution is 5.89. The van der Waals surface area contributed by atoms with Gasteiger partial charge in [0, 0.05) is 40.1 Å². The number of H-pyrrole nitrogens is 2. The van der Waals surface area contributed by atoms with E-state index in [1.165, 1.54) is 27.5 Å². The van der Waals surface area contributed by atoms with E-state index >= 15 is 0 Å². The molecule has 2 N–H and O–H groups in total. The summed E-state index contributed by atoms with van der Waals surface area (Å²) in [7, 11) is 1.71. The Balaban J connectivity index is 1.79. The highest BCUT2D eigenvalue weighted by Gasteiger charge is 2.23. The quantitative estimate of drug-likeness (QED) is 0.419. The first kappa shape index (κ1) is 15.8. The van der Waals surface area contributed by atoms with Crippen LogP contribution in [0.15, 0.2) is 85.2 Å². The number of aromatic amines is 2. The van der Waals surface area contributed by atoms with Crippen LogP contribution in [0.25, 0.3) is 21.8 Å². The van der Waals surface area contributed by atoms with Gasteiger partial charge in [0.15, 0.2) is 0 Å². The molecule has 2 aromatic heterocycles. The Morgan fingerprint density at radius 3 is 1.89 bits per heavy atom. The van der Waals surface area contributed by atoms with Crippen molar-refractivity contribution in [1.29, 1.82) is 0 Å². The second-order valence-corrected chi connectivity index (χ2v) is 6.79. The van der Waals surface area contributed by atoms with Crippen molar-refractivity contribution >= 4 is 21.8 Å². The molecule has 0 radical (unpaired) electrons. The number of rotatable bonds is 4. The van der Waals surface area contributed by atoms with Gasteiger partial charge in [-0.25, -0.2) is 0 Å². The first-order valence-electron chi connectivity index (χ1n) is 9.11. The van der Waals surface area contributed by atoms with Gasteiger partial charge in [-0.15, -0.1) is 0 Å². The van der Waals surface area contributed by atoms with E-state index in [4.69, 9.17) is 4.74 Å². The van der Waals surface area contributed by atoms with Crippen molar-refractivity contribution in [3.05, 3.63) is 102 Å². The molecule has 0 aliphatic carbocycles. The average Bonchev–Trinajstić information content (AvgIpc) is 3.34.